The average molecular weight is 367 g/mol. The van der Waals surface area contributed by atoms with Crippen LogP contribution in [0.25, 0.3) is 0 Å². The number of nitrogens with one attached hydrogen (secondary N) is 2. The Morgan fingerprint density at radius 2 is 2.04 bits per heavy atom. The highest BCUT2D eigenvalue weighted by Crippen LogP contribution is 2.39. The second-order valence-corrected chi connectivity index (χ2v) is 8.72. The van der Waals surface area contributed by atoms with Crippen molar-refractivity contribution in [2.24, 2.45) is 0 Å². The van der Waals surface area contributed by atoms with E-state index in [1.807, 2.05) is 13.8 Å². The van der Waals surface area contributed by atoms with Crippen LogP contribution in [0.4, 0.5) is 4.79 Å². The van der Waals surface area contributed by atoms with Gasteiger partial charge in [0.2, 0.25) is 10.0 Å². The SMILES string of the molecule is CCO[C@@]1(C)C[C@H]1NC(=O)N[C@H]1CCN(S(=O)(=O)c2ccccc2)C1. The Kier molecular flexibility index (Phi) is 5.04. The van der Waals surface area contributed by atoms with Gasteiger partial charge in [-0.1, -0.05) is 18.2 Å². The van der Waals surface area contributed by atoms with Crippen molar-refractivity contribution in [1.29, 1.82) is 0 Å². The van der Waals surface area contributed by atoms with Crippen molar-refractivity contribution >= 4 is 16.1 Å². The summed E-state index contributed by atoms with van der Waals surface area (Å²) < 4.78 is 32.2. The van der Waals surface area contributed by atoms with Crippen molar-refractivity contribution in [2.45, 2.75) is 49.3 Å². The van der Waals surface area contributed by atoms with Gasteiger partial charge in [0.05, 0.1) is 16.5 Å². The van der Waals surface area contributed by atoms with Gasteiger partial charge in [-0.15, -0.1) is 0 Å². The Labute approximate surface area is 148 Å². The van der Waals surface area contributed by atoms with E-state index in [0.717, 1.165) is 6.42 Å². The molecule has 1 saturated heterocycles. The lowest BCUT2D eigenvalue weighted by Gasteiger charge is -2.18. The Hall–Kier alpha value is -1.64. The molecule has 1 heterocycles. The number of hydrogen-bond acceptors (Lipinski definition) is 4. The van der Waals surface area contributed by atoms with Gasteiger partial charge >= 0.3 is 6.03 Å². The molecule has 2 aliphatic rings. The zero-order chi connectivity index (χ0) is 18.1. The first-order chi connectivity index (χ1) is 11.8. The summed E-state index contributed by atoms with van der Waals surface area (Å²) in [5.41, 5.74) is -0.273. The summed E-state index contributed by atoms with van der Waals surface area (Å²) in [5, 5.41) is 5.77. The summed E-state index contributed by atoms with van der Waals surface area (Å²) in [6.07, 6.45) is 1.40. The number of amides is 2. The van der Waals surface area contributed by atoms with E-state index in [-0.39, 0.29) is 35.2 Å². The Bertz CT molecular complexity index is 725. The third-order valence-corrected chi connectivity index (χ3v) is 6.71. The molecule has 1 aliphatic carbocycles. The predicted octanol–water partition coefficient (Wildman–Crippen LogP) is 1.32. The molecule has 2 amide bonds. The number of benzene rings is 1. The minimum Gasteiger partial charge on any atom is -0.373 e. The second kappa shape index (κ2) is 6.93. The summed E-state index contributed by atoms with van der Waals surface area (Å²) in [7, 11) is -3.50. The van der Waals surface area contributed by atoms with Gasteiger partial charge < -0.3 is 15.4 Å². The lowest BCUT2D eigenvalue weighted by atomic mass is 10.3. The molecule has 8 heteroatoms. The topological polar surface area (TPSA) is 87.7 Å². The maximum atomic E-state index is 12.6. The molecule has 1 aliphatic heterocycles. The van der Waals surface area contributed by atoms with E-state index in [1.165, 1.54) is 4.31 Å². The van der Waals surface area contributed by atoms with E-state index in [9.17, 15) is 13.2 Å². The van der Waals surface area contributed by atoms with E-state index < -0.39 is 10.0 Å². The molecule has 0 bridgehead atoms. The van der Waals surface area contributed by atoms with Crippen LogP contribution in [0.5, 0.6) is 0 Å². The molecule has 1 aromatic carbocycles. The van der Waals surface area contributed by atoms with Crippen molar-refractivity contribution < 1.29 is 17.9 Å². The molecule has 2 fully saturated rings. The number of ether oxygens (including phenoxy) is 1. The zero-order valence-electron chi connectivity index (χ0n) is 14.6. The van der Waals surface area contributed by atoms with Crippen LogP contribution in [0.3, 0.4) is 0 Å². The monoisotopic (exact) mass is 367 g/mol. The maximum Gasteiger partial charge on any atom is 0.315 e. The van der Waals surface area contributed by atoms with Crippen molar-refractivity contribution in [3.8, 4) is 0 Å². The van der Waals surface area contributed by atoms with Gasteiger partial charge in [0.1, 0.15) is 0 Å². The number of sulfonamides is 1. The first-order valence-corrected chi connectivity index (χ1v) is 10.1. The normalized spacial score (nSPS) is 29.4. The zero-order valence-corrected chi connectivity index (χ0v) is 15.4. The van der Waals surface area contributed by atoms with Gasteiger partial charge in [-0.25, -0.2) is 13.2 Å². The fourth-order valence-electron chi connectivity index (χ4n) is 3.23. The molecule has 0 spiro atoms. The first kappa shape index (κ1) is 18.2. The molecule has 25 heavy (non-hydrogen) atoms. The van der Waals surface area contributed by atoms with E-state index in [1.54, 1.807) is 30.3 Å². The third-order valence-electron chi connectivity index (χ3n) is 4.83. The molecule has 1 aromatic rings. The van der Waals surface area contributed by atoms with Gasteiger partial charge in [-0.2, -0.15) is 4.31 Å². The number of rotatable bonds is 6. The first-order valence-electron chi connectivity index (χ1n) is 8.61. The molecule has 3 rings (SSSR count). The minimum absolute atomic E-state index is 0.0120. The van der Waals surface area contributed by atoms with Crippen molar-refractivity contribution in [1.82, 2.24) is 14.9 Å². The molecule has 138 valence electrons. The molecule has 7 nitrogen and oxygen atoms in total. The lowest BCUT2D eigenvalue weighted by molar-refractivity contribution is 0.0492. The Balaban J connectivity index is 1.51. The molecule has 0 radical (unpaired) electrons. The number of carbonyl (C=O) groups is 1. The van der Waals surface area contributed by atoms with E-state index in [4.69, 9.17) is 4.74 Å². The fraction of sp³-hybridized carbons (Fsp3) is 0.588. The summed E-state index contributed by atoms with van der Waals surface area (Å²) in [4.78, 5) is 12.4. The van der Waals surface area contributed by atoms with Crippen LogP contribution in [0.15, 0.2) is 35.2 Å². The minimum atomic E-state index is -3.50. The van der Waals surface area contributed by atoms with Crippen molar-refractivity contribution in [3.05, 3.63) is 30.3 Å². The van der Waals surface area contributed by atoms with E-state index >= 15 is 0 Å². The average Bonchev–Trinajstić information content (AvgIpc) is 2.97. The largest absolute Gasteiger partial charge is 0.373 e. The molecule has 0 aromatic heterocycles. The number of urea groups is 1. The molecule has 3 atom stereocenters. The Morgan fingerprint density at radius 1 is 1.32 bits per heavy atom. The van der Waals surface area contributed by atoms with Gasteiger partial charge in [0.15, 0.2) is 0 Å². The summed E-state index contributed by atoms with van der Waals surface area (Å²) >= 11 is 0. The van der Waals surface area contributed by atoms with Crippen LogP contribution in [-0.2, 0) is 14.8 Å². The number of hydrogen-bond donors (Lipinski definition) is 2. The molecular formula is C17H25N3O4S. The second-order valence-electron chi connectivity index (χ2n) is 6.78. The van der Waals surface area contributed by atoms with Crippen molar-refractivity contribution in [2.75, 3.05) is 19.7 Å². The van der Waals surface area contributed by atoms with Crippen molar-refractivity contribution in [3.63, 3.8) is 0 Å². The Morgan fingerprint density at radius 3 is 2.72 bits per heavy atom. The molecule has 2 N–H and O–H groups in total. The van der Waals surface area contributed by atoms with E-state index in [2.05, 4.69) is 10.6 Å². The standard InChI is InChI=1S/C17H25N3O4S/c1-3-24-17(2)11-15(17)19-16(21)18-13-9-10-20(12-13)25(22,23)14-7-5-4-6-8-14/h4-8,13,15H,3,9-12H2,1-2H3,(H2,18,19,21)/t13-,15+,17-/m0/s1. The highest BCUT2D eigenvalue weighted by atomic mass is 32.2. The van der Waals surface area contributed by atoms with Crippen LogP contribution in [0.2, 0.25) is 0 Å². The summed E-state index contributed by atoms with van der Waals surface area (Å²) in [5.74, 6) is 0. The third kappa shape index (κ3) is 3.96. The van der Waals surface area contributed by atoms with Crippen LogP contribution >= 0.6 is 0 Å². The van der Waals surface area contributed by atoms with Gasteiger partial charge in [0.25, 0.3) is 0 Å². The van der Waals surface area contributed by atoms with Crippen LogP contribution in [0.1, 0.15) is 26.7 Å². The van der Waals surface area contributed by atoms with E-state index in [0.29, 0.717) is 19.6 Å². The summed E-state index contributed by atoms with van der Waals surface area (Å²) in [6.45, 7) is 5.22. The maximum absolute atomic E-state index is 12.6. The van der Waals surface area contributed by atoms with Gasteiger partial charge in [-0.3, -0.25) is 0 Å². The lowest BCUT2D eigenvalue weighted by Crippen LogP contribution is -2.46. The molecular weight excluding hydrogens is 342 g/mol. The van der Waals surface area contributed by atoms with Crippen LogP contribution in [-0.4, -0.2) is 56.1 Å². The van der Waals surface area contributed by atoms with Gasteiger partial charge in [-0.05, 0) is 32.4 Å². The quantitative estimate of drug-likeness (QED) is 0.794. The number of nitrogens with zero attached hydrogens (tertiary/aromatic N) is 1. The summed E-state index contributed by atoms with van der Waals surface area (Å²) in [6, 6.07) is 7.93. The smallest absolute Gasteiger partial charge is 0.315 e. The highest BCUT2D eigenvalue weighted by molar-refractivity contribution is 7.89. The predicted molar refractivity (Wildman–Crippen MR) is 93.7 cm³/mol. The molecule has 0 unspecified atom stereocenters. The van der Waals surface area contributed by atoms with Crippen LogP contribution in [0, 0.1) is 0 Å². The fourth-order valence-corrected chi connectivity index (χ4v) is 4.75. The number of carbonyl (C=O) groups excluding carboxylic acids is 1. The highest BCUT2D eigenvalue weighted by Gasteiger charge is 2.52. The van der Waals surface area contributed by atoms with Crippen LogP contribution < -0.4 is 10.6 Å². The van der Waals surface area contributed by atoms with Gasteiger partial charge in [0, 0.05) is 32.2 Å². The molecule has 1 saturated carbocycles.